The number of aliphatic imine (C=N–C) groups is 1. The van der Waals surface area contributed by atoms with E-state index in [1.165, 1.54) is 13.2 Å². The molecule has 3 heterocycles. The number of rotatable bonds is 6. The van der Waals surface area contributed by atoms with Crippen molar-refractivity contribution in [3.05, 3.63) is 53.3 Å². The molecule has 1 aromatic carbocycles. The van der Waals surface area contributed by atoms with Gasteiger partial charge in [-0.2, -0.15) is 13.2 Å². The molecular formula is C32H37F3N6O4S. The molecule has 1 saturated carbocycles. The van der Waals surface area contributed by atoms with Gasteiger partial charge in [0.05, 0.1) is 23.1 Å². The summed E-state index contributed by atoms with van der Waals surface area (Å²) in [7, 11) is 1.35. The molecule has 246 valence electrons. The second-order valence-corrected chi connectivity index (χ2v) is 13.2. The number of hydrogen-bond acceptors (Lipinski definition) is 7. The Morgan fingerprint density at radius 1 is 1.13 bits per heavy atom. The number of benzene rings is 1. The van der Waals surface area contributed by atoms with Crippen LogP contribution in [0.3, 0.4) is 0 Å². The molecule has 1 aromatic heterocycles. The number of alkyl halides is 3. The van der Waals surface area contributed by atoms with Crippen LogP contribution < -0.4 is 15.1 Å². The largest absolute Gasteiger partial charge is 0.444 e. The van der Waals surface area contributed by atoms with E-state index in [4.69, 9.17) is 17.0 Å². The minimum atomic E-state index is -4.72. The van der Waals surface area contributed by atoms with Crippen LogP contribution in [0, 0.1) is 5.92 Å². The molecule has 0 unspecified atom stereocenters. The summed E-state index contributed by atoms with van der Waals surface area (Å²) in [4.78, 5) is 51.2. The van der Waals surface area contributed by atoms with Crippen LogP contribution in [0.25, 0.3) is 0 Å². The number of amides is 3. The molecule has 2 aromatic rings. The number of likely N-dealkylation sites (tertiary alicyclic amines) is 1. The van der Waals surface area contributed by atoms with Crippen LogP contribution in [0.1, 0.15) is 74.5 Å². The highest BCUT2D eigenvalue weighted by Crippen LogP contribution is 2.48. The fraction of sp³-hybridized carbons (Fsp3) is 0.500. The smallest absolute Gasteiger partial charge is 0.418 e. The van der Waals surface area contributed by atoms with Crippen LogP contribution in [0.15, 0.2) is 41.5 Å². The zero-order valence-corrected chi connectivity index (χ0v) is 27.0. The van der Waals surface area contributed by atoms with E-state index in [-0.39, 0.29) is 34.4 Å². The van der Waals surface area contributed by atoms with Crippen molar-refractivity contribution in [3.63, 3.8) is 0 Å². The summed E-state index contributed by atoms with van der Waals surface area (Å²) in [6.45, 7) is 7.06. The number of nitrogens with one attached hydrogen (secondary N) is 1. The number of halogens is 3. The predicted octanol–water partition coefficient (Wildman–Crippen LogP) is 5.59. The fourth-order valence-electron chi connectivity index (χ4n) is 5.99. The van der Waals surface area contributed by atoms with Gasteiger partial charge in [-0.25, -0.2) is 4.79 Å². The van der Waals surface area contributed by atoms with Gasteiger partial charge in [0, 0.05) is 44.1 Å². The SMILES string of the molecule is C/N=C\c1ncc(N2C(=O)C3(CCC3)N(c3ccc(C(=O)NCC4CCN(C(=O)OC(C)(C)C)CC4)cc3)C2=S)cc1C(F)(F)F. The fourth-order valence-corrected chi connectivity index (χ4v) is 6.46. The Hall–Kier alpha value is -4.07. The van der Waals surface area contributed by atoms with Gasteiger partial charge in [-0.05, 0) is 101 Å². The number of nitrogens with zero attached hydrogens (tertiary/aromatic N) is 5. The van der Waals surface area contributed by atoms with Crippen molar-refractivity contribution in [1.82, 2.24) is 15.2 Å². The summed E-state index contributed by atoms with van der Waals surface area (Å²) in [6.07, 6.45) is 0.376. The molecule has 1 spiro atoms. The van der Waals surface area contributed by atoms with Gasteiger partial charge < -0.3 is 19.9 Å². The Labute approximate surface area is 271 Å². The Bertz CT molecular complexity index is 1540. The first kappa shape index (κ1) is 33.3. The highest BCUT2D eigenvalue weighted by atomic mass is 32.1. The maximum Gasteiger partial charge on any atom is 0.418 e. The maximum atomic E-state index is 13.9. The maximum absolute atomic E-state index is 13.9. The van der Waals surface area contributed by atoms with Crippen molar-refractivity contribution >= 4 is 52.8 Å². The molecule has 1 N–H and O–H groups in total. The molecule has 2 aliphatic heterocycles. The van der Waals surface area contributed by atoms with Crippen molar-refractivity contribution < 1.29 is 32.3 Å². The lowest BCUT2D eigenvalue weighted by Crippen LogP contribution is -2.55. The highest BCUT2D eigenvalue weighted by Gasteiger charge is 2.59. The second kappa shape index (κ2) is 12.6. The summed E-state index contributed by atoms with van der Waals surface area (Å²) in [5, 5.41) is 3.02. The van der Waals surface area contributed by atoms with Gasteiger partial charge in [0.2, 0.25) is 0 Å². The molecule has 3 fully saturated rings. The molecule has 2 saturated heterocycles. The third-order valence-corrected chi connectivity index (χ3v) is 8.88. The summed E-state index contributed by atoms with van der Waals surface area (Å²) >= 11 is 5.71. The number of anilines is 2. The minimum Gasteiger partial charge on any atom is -0.444 e. The van der Waals surface area contributed by atoms with Gasteiger partial charge in [-0.15, -0.1) is 0 Å². The lowest BCUT2D eigenvalue weighted by molar-refractivity contribution is -0.138. The number of aromatic nitrogens is 1. The predicted molar refractivity (Wildman–Crippen MR) is 171 cm³/mol. The van der Waals surface area contributed by atoms with Gasteiger partial charge in [-0.1, -0.05) is 0 Å². The molecule has 46 heavy (non-hydrogen) atoms. The Balaban J connectivity index is 1.26. The van der Waals surface area contributed by atoms with Gasteiger partial charge in [0.1, 0.15) is 11.1 Å². The number of hydrogen-bond donors (Lipinski definition) is 1. The third kappa shape index (κ3) is 6.58. The summed E-state index contributed by atoms with van der Waals surface area (Å²) < 4.78 is 47.0. The van der Waals surface area contributed by atoms with Crippen LogP contribution in [0.4, 0.5) is 29.3 Å². The Morgan fingerprint density at radius 3 is 2.33 bits per heavy atom. The first-order valence-electron chi connectivity index (χ1n) is 15.2. The number of ether oxygens (including phenoxy) is 1. The lowest BCUT2D eigenvalue weighted by Gasteiger charge is -2.43. The Kier molecular flexibility index (Phi) is 9.13. The zero-order chi connectivity index (χ0) is 33.4. The van der Waals surface area contributed by atoms with Crippen LogP contribution in [0.5, 0.6) is 0 Å². The molecule has 0 bridgehead atoms. The summed E-state index contributed by atoms with van der Waals surface area (Å²) in [5.74, 6) is -0.451. The first-order chi connectivity index (χ1) is 21.6. The van der Waals surface area contributed by atoms with E-state index < -0.39 is 28.8 Å². The van der Waals surface area contributed by atoms with E-state index in [1.54, 1.807) is 34.1 Å². The van der Waals surface area contributed by atoms with E-state index in [0.717, 1.165) is 36.4 Å². The molecule has 5 rings (SSSR count). The normalized spacial score (nSPS) is 18.8. The molecular weight excluding hydrogens is 621 g/mol. The van der Waals surface area contributed by atoms with Crippen molar-refractivity contribution in [2.75, 3.05) is 36.5 Å². The van der Waals surface area contributed by atoms with Crippen LogP contribution in [0.2, 0.25) is 0 Å². The van der Waals surface area contributed by atoms with E-state index in [2.05, 4.69) is 15.3 Å². The van der Waals surface area contributed by atoms with E-state index >= 15 is 0 Å². The van der Waals surface area contributed by atoms with Crippen LogP contribution in [-0.4, -0.2) is 76.9 Å². The van der Waals surface area contributed by atoms with Crippen molar-refractivity contribution in [3.8, 4) is 0 Å². The van der Waals surface area contributed by atoms with Gasteiger partial charge in [0.25, 0.3) is 11.8 Å². The van der Waals surface area contributed by atoms with E-state index in [0.29, 0.717) is 43.7 Å². The number of carbonyl (C=O) groups is 3. The minimum absolute atomic E-state index is 0.0476. The van der Waals surface area contributed by atoms with E-state index in [1.807, 2.05) is 20.8 Å². The molecule has 1 aliphatic carbocycles. The summed E-state index contributed by atoms with van der Waals surface area (Å²) in [5.41, 5.74) is -2.04. The molecule has 0 atom stereocenters. The van der Waals surface area contributed by atoms with Crippen molar-refractivity contribution in [1.29, 1.82) is 0 Å². The van der Waals surface area contributed by atoms with Crippen LogP contribution >= 0.6 is 12.2 Å². The zero-order valence-electron chi connectivity index (χ0n) is 26.2. The molecule has 3 aliphatic rings. The van der Waals surface area contributed by atoms with E-state index in [9.17, 15) is 27.6 Å². The van der Waals surface area contributed by atoms with Gasteiger partial charge in [0.15, 0.2) is 5.11 Å². The highest BCUT2D eigenvalue weighted by molar-refractivity contribution is 7.81. The average molecular weight is 659 g/mol. The standard InChI is InChI=1S/C32H37F3N6O4S/c1-30(2,3)45-29(44)39-14-10-20(11-15-39)17-38-26(42)21-6-8-22(9-7-21)41-28(46)40(27(43)31(41)12-5-13-31)23-16-24(32(33,34)35)25(19-36-4)37-18-23/h6-9,16,18-20H,5,10-15,17H2,1-4H3,(H,38,42)/b36-19-. The molecule has 14 heteroatoms. The molecule has 3 amide bonds. The third-order valence-electron chi connectivity index (χ3n) is 8.52. The van der Waals surface area contributed by atoms with Crippen LogP contribution in [-0.2, 0) is 15.7 Å². The number of thiocarbonyl (C=S) groups is 1. The van der Waals surface area contributed by atoms with Gasteiger partial charge in [-0.3, -0.25) is 24.5 Å². The van der Waals surface area contributed by atoms with Gasteiger partial charge >= 0.3 is 12.3 Å². The average Bonchev–Trinajstić information content (AvgIpc) is 3.21. The van der Waals surface area contributed by atoms with Crippen molar-refractivity contribution in [2.45, 2.75) is 70.2 Å². The number of piperidine rings is 1. The first-order valence-corrected chi connectivity index (χ1v) is 15.6. The topological polar surface area (TPSA) is 107 Å². The summed E-state index contributed by atoms with van der Waals surface area (Å²) in [6, 6.07) is 7.54. The number of carbonyl (C=O) groups excluding carboxylic acids is 3. The monoisotopic (exact) mass is 658 g/mol. The van der Waals surface area contributed by atoms with Crippen molar-refractivity contribution in [2.24, 2.45) is 10.9 Å². The quantitative estimate of drug-likeness (QED) is 0.319. The number of pyridine rings is 1. The molecule has 10 nitrogen and oxygen atoms in total. The lowest BCUT2D eigenvalue weighted by atomic mass is 9.75. The Morgan fingerprint density at radius 2 is 1.78 bits per heavy atom. The molecule has 0 radical (unpaired) electrons. The second-order valence-electron chi connectivity index (χ2n) is 12.8.